The lowest BCUT2D eigenvalue weighted by Crippen LogP contribution is -2.28. The first-order valence-corrected chi connectivity index (χ1v) is 9.72. The molecule has 0 saturated carbocycles. The molecule has 4 nitrogen and oxygen atoms in total. The van der Waals surface area contributed by atoms with Crippen LogP contribution < -0.4 is 5.32 Å². The summed E-state index contributed by atoms with van der Waals surface area (Å²) in [6.07, 6.45) is 1.52. The van der Waals surface area contributed by atoms with Crippen molar-refractivity contribution in [1.29, 1.82) is 0 Å². The van der Waals surface area contributed by atoms with Crippen molar-refractivity contribution in [2.45, 2.75) is 18.0 Å². The number of fused-ring (bicyclic) bond motifs is 1. The molecule has 0 spiro atoms. The number of carbonyl (C=O) groups excluding carboxylic acids is 1. The Kier molecular flexibility index (Phi) is 5.61. The summed E-state index contributed by atoms with van der Waals surface area (Å²) in [4.78, 5) is 21.6. The summed E-state index contributed by atoms with van der Waals surface area (Å²) in [6, 6.07) is 7.02. The quantitative estimate of drug-likeness (QED) is 0.487. The summed E-state index contributed by atoms with van der Waals surface area (Å²) in [5, 5.41) is 7.81. The van der Waals surface area contributed by atoms with Crippen molar-refractivity contribution in [2.75, 3.05) is 5.75 Å². The van der Waals surface area contributed by atoms with Crippen LogP contribution in [-0.4, -0.2) is 21.6 Å². The number of aromatic nitrogens is 2. The van der Waals surface area contributed by atoms with Crippen LogP contribution in [0.5, 0.6) is 0 Å². The number of hydrogen-bond acceptors (Lipinski definition) is 5. The molecule has 3 aromatic rings. The Labute approximate surface area is 157 Å². The molecule has 1 atom stereocenters. The molecule has 2 heterocycles. The van der Waals surface area contributed by atoms with Gasteiger partial charge in [-0.1, -0.05) is 41.0 Å². The predicted molar refractivity (Wildman–Crippen MR) is 101 cm³/mol. The zero-order chi connectivity index (χ0) is 17.1. The van der Waals surface area contributed by atoms with Gasteiger partial charge < -0.3 is 5.32 Å². The van der Waals surface area contributed by atoms with Crippen LogP contribution in [0.1, 0.15) is 18.5 Å². The zero-order valence-electron chi connectivity index (χ0n) is 12.6. The molecular formula is C16H13Cl2N3OS2. The second kappa shape index (κ2) is 7.70. The van der Waals surface area contributed by atoms with Crippen molar-refractivity contribution in [3.63, 3.8) is 0 Å². The molecule has 0 aliphatic rings. The fourth-order valence-electron chi connectivity index (χ4n) is 2.23. The Bertz CT molecular complexity index is 885. The van der Waals surface area contributed by atoms with Gasteiger partial charge in [0.1, 0.15) is 16.2 Å². The van der Waals surface area contributed by atoms with Crippen LogP contribution in [0.2, 0.25) is 10.0 Å². The van der Waals surface area contributed by atoms with Crippen molar-refractivity contribution in [1.82, 2.24) is 15.3 Å². The number of benzene rings is 1. The standard InChI is InChI=1S/C16H13Cl2N3OS2/c1-9(11-3-2-10(17)6-13(11)18)21-14(22)7-24-16-12-4-5-23-15(12)19-8-20-16/h2-6,8-9H,7H2,1H3,(H,21,22). The molecule has 0 fully saturated rings. The first-order chi connectivity index (χ1) is 11.5. The van der Waals surface area contributed by atoms with Gasteiger partial charge >= 0.3 is 0 Å². The summed E-state index contributed by atoms with van der Waals surface area (Å²) in [5.74, 6) is 0.192. The lowest BCUT2D eigenvalue weighted by Gasteiger charge is -2.15. The number of amides is 1. The number of thiophene rings is 1. The number of thioether (sulfide) groups is 1. The molecule has 124 valence electrons. The van der Waals surface area contributed by atoms with Gasteiger partial charge in [0.15, 0.2) is 0 Å². The van der Waals surface area contributed by atoms with Crippen LogP contribution in [-0.2, 0) is 4.79 Å². The van der Waals surface area contributed by atoms with Crippen molar-refractivity contribution < 1.29 is 4.79 Å². The van der Waals surface area contributed by atoms with E-state index in [2.05, 4.69) is 15.3 Å². The number of nitrogens with zero attached hydrogens (tertiary/aromatic N) is 2. The number of hydrogen-bond donors (Lipinski definition) is 1. The topological polar surface area (TPSA) is 54.9 Å². The van der Waals surface area contributed by atoms with Gasteiger partial charge in [0, 0.05) is 15.4 Å². The highest BCUT2D eigenvalue weighted by molar-refractivity contribution is 8.00. The van der Waals surface area contributed by atoms with Gasteiger partial charge in [-0.2, -0.15) is 0 Å². The highest BCUT2D eigenvalue weighted by Crippen LogP contribution is 2.28. The SMILES string of the molecule is CC(NC(=O)CSc1ncnc2sccc12)c1ccc(Cl)cc1Cl. The highest BCUT2D eigenvalue weighted by atomic mass is 35.5. The first-order valence-electron chi connectivity index (χ1n) is 7.10. The smallest absolute Gasteiger partial charge is 0.230 e. The van der Waals surface area contributed by atoms with Gasteiger partial charge in [-0.05, 0) is 36.1 Å². The van der Waals surface area contributed by atoms with Crippen LogP contribution in [0.3, 0.4) is 0 Å². The van der Waals surface area contributed by atoms with Gasteiger partial charge in [-0.15, -0.1) is 11.3 Å². The monoisotopic (exact) mass is 397 g/mol. The summed E-state index contributed by atoms with van der Waals surface area (Å²) < 4.78 is 0. The van der Waals surface area contributed by atoms with Crippen LogP contribution in [0.4, 0.5) is 0 Å². The molecule has 1 amide bonds. The fourth-order valence-corrected chi connectivity index (χ4v) is 4.39. The van der Waals surface area contributed by atoms with E-state index in [-0.39, 0.29) is 17.7 Å². The highest BCUT2D eigenvalue weighted by Gasteiger charge is 2.14. The van der Waals surface area contributed by atoms with E-state index in [1.807, 2.05) is 24.4 Å². The van der Waals surface area contributed by atoms with E-state index < -0.39 is 0 Å². The molecule has 3 rings (SSSR count). The normalized spacial score (nSPS) is 12.3. The lowest BCUT2D eigenvalue weighted by atomic mass is 10.1. The minimum atomic E-state index is -0.200. The van der Waals surface area contributed by atoms with Gasteiger partial charge in [-0.3, -0.25) is 4.79 Å². The summed E-state index contributed by atoms with van der Waals surface area (Å²) in [6.45, 7) is 1.89. The minimum absolute atomic E-state index is 0.0829. The Morgan fingerprint density at radius 2 is 2.17 bits per heavy atom. The molecule has 24 heavy (non-hydrogen) atoms. The van der Waals surface area contributed by atoms with Crippen LogP contribution >= 0.6 is 46.3 Å². The van der Waals surface area contributed by atoms with Gasteiger partial charge in [0.05, 0.1) is 11.8 Å². The van der Waals surface area contributed by atoms with E-state index >= 15 is 0 Å². The second-order valence-corrected chi connectivity index (χ2v) is 7.76. The third kappa shape index (κ3) is 4.00. The lowest BCUT2D eigenvalue weighted by molar-refractivity contribution is -0.119. The van der Waals surface area contributed by atoms with Crippen molar-refractivity contribution >= 4 is 62.4 Å². The average molecular weight is 398 g/mol. The van der Waals surface area contributed by atoms with E-state index in [4.69, 9.17) is 23.2 Å². The summed E-state index contributed by atoms with van der Waals surface area (Å²) in [5.41, 5.74) is 0.835. The van der Waals surface area contributed by atoms with Gasteiger partial charge in [0.2, 0.25) is 5.91 Å². The molecule has 0 aliphatic carbocycles. The number of halogens is 2. The van der Waals surface area contributed by atoms with Crippen LogP contribution in [0, 0.1) is 0 Å². The zero-order valence-corrected chi connectivity index (χ0v) is 15.8. The summed E-state index contributed by atoms with van der Waals surface area (Å²) >= 11 is 15.0. The van der Waals surface area contributed by atoms with Crippen LogP contribution in [0.25, 0.3) is 10.2 Å². The Hall–Kier alpha value is -1.34. The number of rotatable bonds is 5. The van der Waals surface area contributed by atoms with Crippen LogP contribution in [0.15, 0.2) is 41.0 Å². The van der Waals surface area contributed by atoms with E-state index in [9.17, 15) is 4.79 Å². The number of nitrogens with one attached hydrogen (secondary N) is 1. The largest absolute Gasteiger partial charge is 0.349 e. The van der Waals surface area contributed by atoms with Crippen molar-refractivity contribution in [3.05, 3.63) is 51.6 Å². The molecule has 1 aromatic carbocycles. The maximum absolute atomic E-state index is 12.2. The summed E-state index contributed by atoms with van der Waals surface area (Å²) in [7, 11) is 0. The average Bonchev–Trinajstić information content (AvgIpc) is 3.01. The predicted octanol–water partition coefficient (Wildman–Crippen LogP) is 4.97. The Balaban J connectivity index is 1.62. The van der Waals surface area contributed by atoms with E-state index in [0.717, 1.165) is 20.8 Å². The van der Waals surface area contributed by atoms with E-state index in [0.29, 0.717) is 10.0 Å². The first kappa shape index (κ1) is 17.5. The number of carbonyl (C=O) groups is 1. The molecule has 1 N–H and O–H groups in total. The van der Waals surface area contributed by atoms with E-state index in [1.165, 1.54) is 18.1 Å². The maximum atomic E-state index is 12.2. The van der Waals surface area contributed by atoms with Crippen molar-refractivity contribution in [3.8, 4) is 0 Å². The molecule has 0 bridgehead atoms. The third-order valence-corrected chi connectivity index (χ3v) is 5.76. The molecule has 1 unspecified atom stereocenters. The molecule has 2 aromatic heterocycles. The van der Waals surface area contributed by atoms with Crippen molar-refractivity contribution in [2.24, 2.45) is 0 Å². The third-order valence-electron chi connectivity index (χ3n) is 3.37. The molecule has 0 saturated heterocycles. The maximum Gasteiger partial charge on any atom is 0.230 e. The Morgan fingerprint density at radius 1 is 1.33 bits per heavy atom. The fraction of sp³-hybridized carbons (Fsp3) is 0.188. The second-order valence-electron chi connectivity index (χ2n) is 5.06. The van der Waals surface area contributed by atoms with E-state index in [1.54, 1.807) is 23.5 Å². The van der Waals surface area contributed by atoms with Gasteiger partial charge in [-0.25, -0.2) is 9.97 Å². The molecule has 8 heteroatoms. The Morgan fingerprint density at radius 3 is 2.96 bits per heavy atom. The van der Waals surface area contributed by atoms with Gasteiger partial charge in [0.25, 0.3) is 0 Å². The molecule has 0 radical (unpaired) electrons. The molecular weight excluding hydrogens is 385 g/mol. The molecule has 0 aliphatic heterocycles. The minimum Gasteiger partial charge on any atom is -0.349 e.